The first-order valence-electron chi connectivity index (χ1n) is 8.56. The normalized spacial score (nSPS) is 16.8. The summed E-state index contributed by atoms with van der Waals surface area (Å²) in [6.45, 7) is 0.584. The molecule has 2 aromatic carbocycles. The molecule has 3 rings (SSSR count). The van der Waals surface area contributed by atoms with Gasteiger partial charge in [-0.1, -0.05) is 0 Å². The van der Waals surface area contributed by atoms with Crippen molar-refractivity contribution in [3.8, 4) is 11.5 Å². The van der Waals surface area contributed by atoms with Crippen LogP contribution in [0.25, 0.3) is 0 Å². The fourth-order valence-electron chi connectivity index (χ4n) is 3.55. The number of benzene rings is 2. The summed E-state index contributed by atoms with van der Waals surface area (Å²) in [7, 11) is -0.916. The zero-order valence-electron chi connectivity index (χ0n) is 15.5. The summed E-state index contributed by atoms with van der Waals surface area (Å²) in [6, 6.07) is 8.98. The van der Waals surface area contributed by atoms with Crippen molar-refractivity contribution >= 4 is 21.4 Å². The van der Waals surface area contributed by atoms with Crippen molar-refractivity contribution in [1.82, 2.24) is 0 Å². The number of hydrogen-bond acceptors (Lipinski definition) is 7. The molecule has 10 heteroatoms. The van der Waals surface area contributed by atoms with Gasteiger partial charge in [0.05, 0.1) is 30.1 Å². The molecule has 1 fully saturated rings. The van der Waals surface area contributed by atoms with Crippen molar-refractivity contribution in [1.29, 1.82) is 0 Å². The molecule has 0 bridgehead atoms. The van der Waals surface area contributed by atoms with Gasteiger partial charge in [0.25, 0.3) is 5.69 Å². The largest absolute Gasteiger partial charge is 0.497 e. The van der Waals surface area contributed by atoms with Crippen LogP contribution in [0, 0.1) is 10.1 Å². The lowest BCUT2D eigenvalue weighted by atomic mass is 10.0. The van der Waals surface area contributed by atoms with E-state index in [-0.39, 0.29) is 16.6 Å². The van der Waals surface area contributed by atoms with Crippen molar-refractivity contribution in [2.24, 2.45) is 5.14 Å². The molecular weight excluding hydrogens is 386 g/mol. The summed E-state index contributed by atoms with van der Waals surface area (Å²) in [6.07, 6.45) is 1.58. The number of ether oxygens (including phenoxy) is 2. The Kier molecular flexibility index (Phi) is 5.43. The van der Waals surface area contributed by atoms with E-state index in [9.17, 15) is 18.5 Å². The predicted molar refractivity (Wildman–Crippen MR) is 103 cm³/mol. The molecule has 0 radical (unpaired) electrons. The Bertz CT molecular complexity index is 1010. The smallest absolute Gasteiger partial charge is 0.293 e. The fourth-order valence-corrected chi connectivity index (χ4v) is 4.08. The summed E-state index contributed by atoms with van der Waals surface area (Å²) in [5.41, 5.74) is 0.884. The lowest BCUT2D eigenvalue weighted by molar-refractivity contribution is -0.384. The number of methoxy groups -OCH3 is 2. The van der Waals surface area contributed by atoms with Gasteiger partial charge in [-0.25, -0.2) is 13.6 Å². The molecule has 0 aliphatic carbocycles. The molecule has 0 amide bonds. The van der Waals surface area contributed by atoms with Gasteiger partial charge in [-0.2, -0.15) is 0 Å². The molecule has 1 heterocycles. The van der Waals surface area contributed by atoms with Crippen molar-refractivity contribution in [3.05, 3.63) is 52.1 Å². The minimum Gasteiger partial charge on any atom is -0.497 e. The number of rotatable bonds is 6. The van der Waals surface area contributed by atoms with Gasteiger partial charge in [-0.15, -0.1) is 0 Å². The van der Waals surface area contributed by atoms with E-state index in [1.165, 1.54) is 12.1 Å². The molecule has 0 unspecified atom stereocenters. The van der Waals surface area contributed by atoms with Crippen molar-refractivity contribution < 1.29 is 22.8 Å². The molecule has 1 aliphatic rings. The van der Waals surface area contributed by atoms with E-state index in [2.05, 4.69) is 0 Å². The van der Waals surface area contributed by atoms with Crippen LogP contribution in [0.1, 0.15) is 24.4 Å². The van der Waals surface area contributed by atoms with Gasteiger partial charge in [0.2, 0.25) is 10.0 Å². The highest BCUT2D eigenvalue weighted by atomic mass is 32.2. The zero-order chi connectivity index (χ0) is 20.5. The highest BCUT2D eigenvalue weighted by Gasteiger charge is 2.33. The van der Waals surface area contributed by atoms with Crippen molar-refractivity contribution in [3.63, 3.8) is 0 Å². The van der Waals surface area contributed by atoms with E-state index in [4.69, 9.17) is 14.6 Å². The number of nitro benzene ring substituents is 1. The number of hydrogen-bond donors (Lipinski definition) is 1. The molecule has 1 saturated heterocycles. The monoisotopic (exact) mass is 407 g/mol. The number of nitrogens with zero attached hydrogens (tertiary/aromatic N) is 2. The van der Waals surface area contributed by atoms with E-state index >= 15 is 0 Å². The van der Waals surface area contributed by atoms with Crippen LogP contribution in [-0.2, 0) is 10.0 Å². The molecular formula is C18H21N3O6S. The van der Waals surface area contributed by atoms with Gasteiger partial charge in [-0.05, 0) is 43.2 Å². The number of nitrogens with two attached hydrogens (primary N) is 1. The van der Waals surface area contributed by atoms with Gasteiger partial charge in [-0.3, -0.25) is 10.1 Å². The van der Waals surface area contributed by atoms with Gasteiger partial charge in [0.15, 0.2) is 0 Å². The van der Waals surface area contributed by atoms with Gasteiger partial charge >= 0.3 is 0 Å². The second-order valence-electron chi connectivity index (χ2n) is 6.41. The van der Waals surface area contributed by atoms with E-state index < -0.39 is 14.9 Å². The number of sulfonamides is 1. The fraction of sp³-hybridized carbons (Fsp3) is 0.333. The molecule has 1 atom stereocenters. The molecule has 2 aromatic rings. The molecule has 9 nitrogen and oxygen atoms in total. The average molecular weight is 407 g/mol. The van der Waals surface area contributed by atoms with Crippen LogP contribution in [0.4, 0.5) is 11.4 Å². The van der Waals surface area contributed by atoms with Crippen LogP contribution in [0.2, 0.25) is 0 Å². The van der Waals surface area contributed by atoms with Crippen LogP contribution in [-0.4, -0.2) is 34.1 Å². The first-order chi connectivity index (χ1) is 13.3. The topological polar surface area (TPSA) is 125 Å². The van der Waals surface area contributed by atoms with Gasteiger partial charge in [0, 0.05) is 18.2 Å². The summed E-state index contributed by atoms with van der Waals surface area (Å²) in [4.78, 5) is 12.6. The third-order valence-corrected chi connectivity index (χ3v) is 5.74. The molecule has 2 N–H and O–H groups in total. The molecule has 28 heavy (non-hydrogen) atoms. The second-order valence-corrected chi connectivity index (χ2v) is 7.97. The first kappa shape index (κ1) is 19.9. The van der Waals surface area contributed by atoms with E-state index in [0.29, 0.717) is 23.7 Å². The summed E-state index contributed by atoms with van der Waals surface area (Å²) in [5, 5.41) is 16.7. The number of nitro groups is 1. The molecule has 1 aliphatic heterocycles. The molecule has 0 spiro atoms. The predicted octanol–water partition coefficient (Wildman–Crippen LogP) is 2.60. The number of primary sulfonamides is 1. The van der Waals surface area contributed by atoms with E-state index in [0.717, 1.165) is 24.5 Å². The van der Waals surface area contributed by atoms with Crippen molar-refractivity contribution in [2.75, 3.05) is 25.7 Å². The maximum atomic E-state index is 11.6. The lowest BCUT2D eigenvalue weighted by Gasteiger charge is -2.28. The van der Waals surface area contributed by atoms with Gasteiger partial charge in [0.1, 0.15) is 17.2 Å². The third-order valence-electron chi connectivity index (χ3n) is 4.83. The Balaban J connectivity index is 2.10. The van der Waals surface area contributed by atoms with Crippen LogP contribution < -0.4 is 19.5 Å². The van der Waals surface area contributed by atoms with E-state index in [1.807, 2.05) is 11.0 Å². The van der Waals surface area contributed by atoms with Crippen LogP contribution in [0.15, 0.2) is 41.3 Å². The second kappa shape index (κ2) is 7.64. The van der Waals surface area contributed by atoms with Crippen LogP contribution in [0.3, 0.4) is 0 Å². The summed E-state index contributed by atoms with van der Waals surface area (Å²) >= 11 is 0. The first-order valence-corrected chi connectivity index (χ1v) is 10.1. The SMILES string of the molecule is COc1ccc(OC)c([C@@H]2CCCN2c2ccc(S(N)(=O)=O)cc2[N+](=O)[O-])c1. The standard InChI is InChI=1S/C18H21N3O6S/c1-26-12-5-8-18(27-2)14(10-12)15-4-3-9-20(15)16-7-6-13(28(19,24)25)11-17(16)21(22)23/h5-8,10-11,15H,3-4,9H2,1-2H3,(H2,19,24,25)/t15-/m0/s1. The van der Waals surface area contributed by atoms with Crippen LogP contribution in [0.5, 0.6) is 11.5 Å². The minimum atomic E-state index is -4.04. The van der Waals surface area contributed by atoms with E-state index in [1.54, 1.807) is 26.4 Å². The van der Waals surface area contributed by atoms with Gasteiger partial charge < -0.3 is 14.4 Å². The third kappa shape index (κ3) is 3.73. The quantitative estimate of drug-likeness (QED) is 0.576. The molecule has 0 aromatic heterocycles. The summed E-state index contributed by atoms with van der Waals surface area (Å²) in [5.74, 6) is 1.31. The Morgan fingerprint density at radius 2 is 1.93 bits per heavy atom. The lowest BCUT2D eigenvalue weighted by Crippen LogP contribution is -2.24. The maximum Gasteiger partial charge on any atom is 0.293 e. The Hall–Kier alpha value is -2.85. The summed E-state index contributed by atoms with van der Waals surface area (Å²) < 4.78 is 34.0. The zero-order valence-corrected chi connectivity index (χ0v) is 16.3. The maximum absolute atomic E-state index is 11.6. The Morgan fingerprint density at radius 3 is 2.54 bits per heavy atom. The highest BCUT2D eigenvalue weighted by molar-refractivity contribution is 7.89. The Labute approximate surface area is 162 Å². The minimum absolute atomic E-state index is 0.177. The Morgan fingerprint density at radius 1 is 1.18 bits per heavy atom. The van der Waals surface area contributed by atoms with Crippen molar-refractivity contribution in [2.45, 2.75) is 23.8 Å². The molecule has 0 saturated carbocycles. The highest BCUT2D eigenvalue weighted by Crippen LogP contribution is 2.44. The average Bonchev–Trinajstić information content (AvgIpc) is 3.15. The molecule has 150 valence electrons. The number of anilines is 1. The van der Waals surface area contributed by atoms with Crippen LogP contribution >= 0.6 is 0 Å².